The van der Waals surface area contributed by atoms with E-state index < -0.39 is 11.2 Å². The summed E-state index contributed by atoms with van der Waals surface area (Å²) in [5, 5.41) is 0. The molecule has 1 radical (unpaired) electrons. The molecule has 0 aromatic rings. The van der Waals surface area contributed by atoms with E-state index in [2.05, 4.69) is 12.6 Å². The molecule has 0 saturated carbocycles. The zero-order chi connectivity index (χ0) is 4.99. The molecule has 0 spiro atoms. The van der Waals surface area contributed by atoms with Crippen LogP contribution in [0.15, 0.2) is 0 Å². The maximum atomic E-state index is 10.1. The predicted octanol–water partition coefficient (Wildman–Crippen LogP) is 0.562. The van der Waals surface area contributed by atoms with Gasteiger partial charge in [-0.05, 0) is 0 Å². The molecule has 0 aromatic carbocycles. The molecule has 0 saturated heterocycles. The average Bonchev–Trinajstić information content (AvgIpc) is 1.35. The molecule has 0 heterocycles. The van der Waals surface area contributed by atoms with Crippen LogP contribution in [0.5, 0.6) is 0 Å². The van der Waals surface area contributed by atoms with E-state index in [9.17, 15) is 4.55 Å². The van der Waals surface area contributed by atoms with Gasteiger partial charge in [0.05, 0.1) is 6.26 Å². The lowest BCUT2D eigenvalue weighted by atomic mass is 11.0. The Labute approximate surface area is 46.7 Å². The van der Waals surface area contributed by atoms with E-state index in [4.69, 9.17) is 0 Å². The first-order chi connectivity index (χ1) is 2.77. The van der Waals surface area contributed by atoms with Gasteiger partial charge >= 0.3 is 0 Å². The van der Waals surface area contributed by atoms with Crippen molar-refractivity contribution in [1.29, 1.82) is 0 Å². The molecule has 0 aliphatic carbocycles. The molecule has 1 unspecified atom stereocenters. The van der Waals surface area contributed by atoms with Crippen molar-refractivity contribution in [2.45, 2.75) is 0 Å². The minimum atomic E-state index is -0.670. The topological polar surface area (TPSA) is 23.1 Å². The van der Waals surface area contributed by atoms with Gasteiger partial charge in [0.1, 0.15) is 5.75 Å². The quantitative estimate of drug-likeness (QED) is 0.492. The standard InChI is InChI=1S/C3H7OS2/c1-6(4)3-2-5/h2-3H2,1H3. The second kappa shape index (κ2) is 3.84. The van der Waals surface area contributed by atoms with E-state index in [0.717, 1.165) is 0 Å². The Morgan fingerprint density at radius 3 is 2.33 bits per heavy atom. The first-order valence-corrected chi connectivity index (χ1v) is 3.96. The van der Waals surface area contributed by atoms with E-state index in [-0.39, 0.29) is 0 Å². The van der Waals surface area contributed by atoms with Crippen LogP contribution in [-0.4, -0.2) is 22.3 Å². The Morgan fingerprint density at radius 1 is 1.83 bits per heavy atom. The summed E-state index contributed by atoms with van der Waals surface area (Å²) in [7, 11) is 0. The fourth-order valence-corrected chi connectivity index (χ4v) is 1.06. The third kappa shape index (κ3) is 4.66. The molecule has 0 fully saturated rings. The first-order valence-electron chi connectivity index (χ1n) is 1.65. The highest BCUT2D eigenvalue weighted by molar-refractivity contribution is 7.91. The summed E-state index contributed by atoms with van der Waals surface area (Å²) in [5.41, 5.74) is 0. The summed E-state index contributed by atoms with van der Waals surface area (Å²) in [6.45, 7) is 0. The van der Waals surface area contributed by atoms with Crippen LogP contribution in [0.3, 0.4) is 0 Å². The molecule has 0 bridgehead atoms. The molecule has 3 heteroatoms. The predicted molar refractivity (Wildman–Crippen MR) is 31.4 cm³/mol. The summed E-state index contributed by atoms with van der Waals surface area (Å²) >= 11 is 3.87. The highest BCUT2D eigenvalue weighted by Gasteiger charge is 1.89. The molecule has 0 aliphatic heterocycles. The Kier molecular flexibility index (Phi) is 4.26. The highest BCUT2D eigenvalue weighted by atomic mass is 32.2. The van der Waals surface area contributed by atoms with Crippen LogP contribution in [0.25, 0.3) is 0 Å². The Bertz CT molecular complexity index is 30.0. The van der Waals surface area contributed by atoms with E-state index >= 15 is 0 Å². The van der Waals surface area contributed by atoms with Gasteiger partial charge < -0.3 is 4.55 Å². The summed E-state index contributed by atoms with van der Waals surface area (Å²) in [4.78, 5) is 0. The van der Waals surface area contributed by atoms with Crippen LogP contribution in [0.1, 0.15) is 0 Å². The number of hydrogen-bond donors (Lipinski definition) is 0. The molecular weight excluding hydrogens is 116 g/mol. The van der Waals surface area contributed by atoms with Crippen LogP contribution in [0, 0.1) is 0 Å². The van der Waals surface area contributed by atoms with Gasteiger partial charge in [-0.1, -0.05) is 23.8 Å². The summed E-state index contributed by atoms with van der Waals surface area (Å²) in [5.74, 6) is 1.28. The molecule has 37 valence electrons. The van der Waals surface area contributed by atoms with Crippen LogP contribution in [-0.2, 0) is 11.2 Å². The Hall–Kier alpha value is 0.660. The lowest BCUT2D eigenvalue weighted by Gasteiger charge is -1.98. The van der Waals surface area contributed by atoms with Gasteiger partial charge in [-0.25, -0.2) is 0 Å². The second-order valence-electron chi connectivity index (χ2n) is 0.981. The zero-order valence-corrected chi connectivity index (χ0v) is 5.27. The third-order valence-corrected chi connectivity index (χ3v) is 1.61. The molecule has 0 aliphatic rings. The van der Waals surface area contributed by atoms with Crippen LogP contribution >= 0.6 is 12.6 Å². The van der Waals surface area contributed by atoms with Crippen molar-refractivity contribution >= 4 is 23.8 Å². The lowest BCUT2D eigenvalue weighted by molar-refractivity contribution is 0.602. The van der Waals surface area contributed by atoms with Gasteiger partial charge in [-0.3, -0.25) is 0 Å². The molecule has 0 amide bonds. The minimum Gasteiger partial charge on any atom is -0.617 e. The average molecular weight is 123 g/mol. The van der Waals surface area contributed by atoms with Crippen molar-refractivity contribution in [1.82, 2.24) is 0 Å². The smallest absolute Gasteiger partial charge is 0.115 e. The third-order valence-electron chi connectivity index (χ3n) is 0.371. The van der Waals surface area contributed by atoms with E-state index in [1.807, 2.05) is 0 Å². The van der Waals surface area contributed by atoms with Gasteiger partial charge in [-0.15, -0.1) is 0 Å². The molecule has 6 heavy (non-hydrogen) atoms. The summed E-state index contributed by atoms with van der Waals surface area (Å²) < 4.78 is 10.1. The zero-order valence-electron chi connectivity index (χ0n) is 3.64. The fourth-order valence-electron chi connectivity index (χ4n) is 0.117. The van der Waals surface area contributed by atoms with Gasteiger partial charge in [0.2, 0.25) is 0 Å². The first kappa shape index (κ1) is 6.66. The maximum absolute atomic E-state index is 10.1. The highest BCUT2D eigenvalue weighted by Crippen LogP contribution is 1.82. The van der Waals surface area contributed by atoms with E-state index in [1.165, 1.54) is 0 Å². The van der Waals surface area contributed by atoms with Crippen LogP contribution < -0.4 is 0 Å². The number of rotatable bonds is 2. The van der Waals surface area contributed by atoms with Crippen molar-refractivity contribution in [3.63, 3.8) is 0 Å². The SMILES string of the molecule is C[S+]([O-])CC[S]. The largest absolute Gasteiger partial charge is 0.617 e. The van der Waals surface area contributed by atoms with E-state index in [0.29, 0.717) is 11.5 Å². The van der Waals surface area contributed by atoms with Gasteiger partial charge in [0.25, 0.3) is 0 Å². The molecule has 0 aromatic heterocycles. The van der Waals surface area contributed by atoms with Gasteiger partial charge in [-0.2, -0.15) is 0 Å². The molecule has 1 atom stereocenters. The normalized spacial score (nSPS) is 14.5. The minimum absolute atomic E-state index is 0.614. The monoisotopic (exact) mass is 123 g/mol. The van der Waals surface area contributed by atoms with E-state index in [1.54, 1.807) is 6.26 Å². The maximum Gasteiger partial charge on any atom is 0.115 e. The van der Waals surface area contributed by atoms with Gasteiger partial charge in [0, 0.05) is 5.75 Å². The fraction of sp³-hybridized carbons (Fsp3) is 1.00. The Balaban J connectivity index is 2.63. The Morgan fingerprint density at radius 2 is 2.33 bits per heavy atom. The molecule has 0 rings (SSSR count). The molecular formula is C3H7OS2. The van der Waals surface area contributed by atoms with Crippen LogP contribution in [0.2, 0.25) is 0 Å². The van der Waals surface area contributed by atoms with Gasteiger partial charge in [0.15, 0.2) is 0 Å². The molecule has 1 nitrogen and oxygen atoms in total. The van der Waals surface area contributed by atoms with Crippen molar-refractivity contribution in [2.75, 3.05) is 17.8 Å². The van der Waals surface area contributed by atoms with Crippen molar-refractivity contribution in [2.24, 2.45) is 0 Å². The number of hydrogen-bond acceptors (Lipinski definition) is 1. The van der Waals surface area contributed by atoms with Crippen LogP contribution in [0.4, 0.5) is 0 Å². The van der Waals surface area contributed by atoms with Crippen molar-refractivity contribution in [3.05, 3.63) is 0 Å². The lowest BCUT2D eigenvalue weighted by Crippen LogP contribution is -2.02. The molecule has 0 N–H and O–H groups in total. The summed E-state index contributed by atoms with van der Waals surface area (Å²) in [6, 6.07) is 0. The second-order valence-corrected chi connectivity index (χ2v) is 2.94. The van der Waals surface area contributed by atoms with Crippen molar-refractivity contribution in [3.8, 4) is 0 Å². The van der Waals surface area contributed by atoms with Crippen molar-refractivity contribution < 1.29 is 4.55 Å². The summed E-state index contributed by atoms with van der Waals surface area (Å²) in [6.07, 6.45) is 1.66.